The fourth-order valence-corrected chi connectivity index (χ4v) is 3.22. The van der Waals surface area contributed by atoms with Crippen LogP contribution in [0.1, 0.15) is 10.4 Å². The lowest BCUT2D eigenvalue weighted by molar-refractivity contribution is 0.0620. The summed E-state index contributed by atoms with van der Waals surface area (Å²) in [5.74, 6) is 1.69. The summed E-state index contributed by atoms with van der Waals surface area (Å²) in [7, 11) is 1.65. The van der Waals surface area contributed by atoms with E-state index in [0.29, 0.717) is 25.3 Å². The monoisotopic (exact) mass is 419 g/mol. The Hall–Kier alpha value is -2.12. The Balaban J connectivity index is 1.41. The van der Waals surface area contributed by atoms with Crippen LogP contribution in [0.5, 0.6) is 11.5 Å². The molecule has 0 unspecified atom stereocenters. The average Bonchev–Trinajstić information content (AvgIpc) is 2.68. The predicted octanol–water partition coefficient (Wildman–Crippen LogP) is 2.69. The van der Waals surface area contributed by atoms with Crippen LogP contribution in [0.25, 0.3) is 0 Å². The van der Waals surface area contributed by atoms with Gasteiger partial charge in [-0.25, -0.2) is 0 Å². The third kappa shape index (κ3) is 4.95. The van der Waals surface area contributed by atoms with Crippen LogP contribution in [0.15, 0.2) is 47.2 Å². The van der Waals surface area contributed by atoms with Gasteiger partial charge in [0, 0.05) is 49.6 Å². The Bertz CT molecular complexity index is 731. The van der Waals surface area contributed by atoms with E-state index in [1.165, 1.54) is 0 Å². The average molecular weight is 420 g/mol. The fraction of sp³-hybridized carbons (Fsp3) is 0.368. The van der Waals surface area contributed by atoms with Crippen molar-refractivity contribution < 1.29 is 14.3 Å². The Morgan fingerprint density at radius 3 is 2.46 bits per heavy atom. The molecule has 3 rings (SSSR count). The third-order valence-corrected chi connectivity index (χ3v) is 4.78. The van der Waals surface area contributed by atoms with E-state index in [9.17, 15) is 4.79 Å². The highest BCUT2D eigenvalue weighted by molar-refractivity contribution is 9.10. The van der Waals surface area contributed by atoms with E-state index in [0.717, 1.165) is 35.6 Å². The van der Waals surface area contributed by atoms with Crippen molar-refractivity contribution in [3.63, 3.8) is 0 Å². The summed E-state index contributed by atoms with van der Waals surface area (Å²) in [5, 5.41) is 0. The first-order chi connectivity index (χ1) is 12.7. The number of hydrogen-bond donors (Lipinski definition) is 0. The predicted molar refractivity (Wildman–Crippen MR) is 103 cm³/mol. The first-order valence-electron chi connectivity index (χ1n) is 8.55. The molecular weight excluding hydrogens is 398 g/mol. The van der Waals surface area contributed by atoms with Crippen LogP contribution in [-0.2, 0) is 0 Å². The van der Waals surface area contributed by atoms with Gasteiger partial charge in [-0.15, -0.1) is 0 Å². The van der Waals surface area contributed by atoms with Crippen LogP contribution in [-0.4, -0.2) is 67.1 Å². The molecule has 7 heteroatoms. The van der Waals surface area contributed by atoms with E-state index >= 15 is 0 Å². The SMILES string of the molecule is COc1ccc(OCCN2CCN(C(=O)c3cncc(Br)c3)CC2)cc1. The van der Waals surface area contributed by atoms with E-state index in [1.54, 1.807) is 19.5 Å². The van der Waals surface area contributed by atoms with Crippen molar-refractivity contribution in [3.05, 3.63) is 52.8 Å². The van der Waals surface area contributed by atoms with E-state index < -0.39 is 0 Å². The number of aromatic nitrogens is 1. The van der Waals surface area contributed by atoms with Crippen LogP contribution in [0, 0.1) is 0 Å². The zero-order valence-corrected chi connectivity index (χ0v) is 16.3. The second-order valence-electron chi connectivity index (χ2n) is 6.05. The van der Waals surface area contributed by atoms with Crippen molar-refractivity contribution in [2.75, 3.05) is 46.4 Å². The summed E-state index contributed by atoms with van der Waals surface area (Å²) in [6.45, 7) is 4.59. The van der Waals surface area contributed by atoms with E-state index in [1.807, 2.05) is 35.2 Å². The Kier molecular flexibility index (Phi) is 6.46. The van der Waals surface area contributed by atoms with Crippen LogP contribution >= 0.6 is 15.9 Å². The summed E-state index contributed by atoms with van der Waals surface area (Å²) in [5.41, 5.74) is 0.621. The molecule has 138 valence electrons. The molecule has 1 fully saturated rings. The molecule has 0 atom stereocenters. The molecule has 0 aliphatic carbocycles. The van der Waals surface area contributed by atoms with Gasteiger partial charge in [0.05, 0.1) is 12.7 Å². The van der Waals surface area contributed by atoms with Gasteiger partial charge in [0.15, 0.2) is 0 Å². The van der Waals surface area contributed by atoms with Gasteiger partial charge in [0.2, 0.25) is 0 Å². The van der Waals surface area contributed by atoms with Crippen LogP contribution in [0.4, 0.5) is 0 Å². The van der Waals surface area contributed by atoms with Gasteiger partial charge < -0.3 is 14.4 Å². The van der Waals surface area contributed by atoms with Crippen molar-refractivity contribution in [3.8, 4) is 11.5 Å². The zero-order chi connectivity index (χ0) is 18.4. The van der Waals surface area contributed by atoms with Crippen molar-refractivity contribution >= 4 is 21.8 Å². The lowest BCUT2D eigenvalue weighted by Gasteiger charge is -2.34. The number of methoxy groups -OCH3 is 1. The largest absolute Gasteiger partial charge is 0.497 e. The number of nitrogens with zero attached hydrogens (tertiary/aromatic N) is 3. The Morgan fingerprint density at radius 1 is 1.12 bits per heavy atom. The smallest absolute Gasteiger partial charge is 0.255 e. The molecule has 6 nitrogen and oxygen atoms in total. The molecular formula is C19H22BrN3O3. The Morgan fingerprint density at radius 2 is 1.81 bits per heavy atom. The molecule has 0 radical (unpaired) electrons. The quantitative estimate of drug-likeness (QED) is 0.720. The van der Waals surface area contributed by atoms with Crippen LogP contribution in [0.3, 0.4) is 0 Å². The van der Waals surface area contributed by atoms with Crippen molar-refractivity contribution in [2.45, 2.75) is 0 Å². The first-order valence-corrected chi connectivity index (χ1v) is 9.34. The maximum absolute atomic E-state index is 12.5. The third-order valence-electron chi connectivity index (χ3n) is 4.35. The number of amides is 1. The number of halogens is 1. The lowest BCUT2D eigenvalue weighted by Crippen LogP contribution is -2.49. The number of carbonyl (C=O) groups excluding carboxylic acids is 1. The summed E-state index contributed by atoms with van der Waals surface area (Å²) in [6.07, 6.45) is 3.29. The molecule has 26 heavy (non-hydrogen) atoms. The summed E-state index contributed by atoms with van der Waals surface area (Å²) >= 11 is 3.36. The minimum atomic E-state index is 0.0351. The van der Waals surface area contributed by atoms with Gasteiger partial charge in [-0.3, -0.25) is 14.7 Å². The van der Waals surface area contributed by atoms with Crippen LogP contribution < -0.4 is 9.47 Å². The highest BCUT2D eigenvalue weighted by atomic mass is 79.9. The zero-order valence-electron chi connectivity index (χ0n) is 14.7. The molecule has 0 spiro atoms. The second kappa shape index (κ2) is 9.00. The summed E-state index contributed by atoms with van der Waals surface area (Å²) in [6, 6.07) is 9.39. The Labute approximate surface area is 161 Å². The highest BCUT2D eigenvalue weighted by Gasteiger charge is 2.22. The molecule has 2 aromatic rings. The first kappa shape index (κ1) is 18.7. The summed E-state index contributed by atoms with van der Waals surface area (Å²) in [4.78, 5) is 20.8. The van der Waals surface area contributed by atoms with Gasteiger partial charge in [0.1, 0.15) is 18.1 Å². The standard InChI is InChI=1S/C19H22BrN3O3/c1-25-17-2-4-18(5-3-17)26-11-10-22-6-8-23(9-7-22)19(24)15-12-16(20)14-21-13-15/h2-5,12-14H,6-11H2,1H3. The number of pyridine rings is 1. The van der Waals surface area contributed by atoms with Crippen molar-refractivity contribution in [1.82, 2.24) is 14.8 Å². The van der Waals surface area contributed by atoms with Crippen molar-refractivity contribution in [1.29, 1.82) is 0 Å². The van der Waals surface area contributed by atoms with Gasteiger partial charge >= 0.3 is 0 Å². The molecule has 1 amide bonds. The molecule has 0 bridgehead atoms. The molecule has 1 aliphatic rings. The van der Waals surface area contributed by atoms with E-state index in [-0.39, 0.29) is 5.91 Å². The van der Waals surface area contributed by atoms with Crippen molar-refractivity contribution in [2.24, 2.45) is 0 Å². The van der Waals surface area contributed by atoms with Gasteiger partial charge in [-0.2, -0.15) is 0 Å². The topological polar surface area (TPSA) is 54.9 Å². The summed E-state index contributed by atoms with van der Waals surface area (Å²) < 4.78 is 11.7. The molecule has 1 aliphatic heterocycles. The fourth-order valence-electron chi connectivity index (χ4n) is 2.85. The van der Waals surface area contributed by atoms with E-state index in [4.69, 9.17) is 9.47 Å². The van der Waals surface area contributed by atoms with Gasteiger partial charge in [-0.1, -0.05) is 0 Å². The molecule has 1 aromatic heterocycles. The molecule has 0 saturated carbocycles. The highest BCUT2D eigenvalue weighted by Crippen LogP contribution is 2.17. The van der Waals surface area contributed by atoms with E-state index in [2.05, 4.69) is 25.8 Å². The van der Waals surface area contributed by atoms with Gasteiger partial charge in [0.25, 0.3) is 5.91 Å². The number of hydrogen-bond acceptors (Lipinski definition) is 5. The molecule has 0 N–H and O–H groups in total. The number of carbonyl (C=O) groups is 1. The maximum atomic E-state index is 12.5. The minimum absolute atomic E-state index is 0.0351. The minimum Gasteiger partial charge on any atom is -0.497 e. The second-order valence-corrected chi connectivity index (χ2v) is 6.97. The van der Waals surface area contributed by atoms with Crippen LogP contribution in [0.2, 0.25) is 0 Å². The molecule has 1 aromatic carbocycles. The maximum Gasteiger partial charge on any atom is 0.255 e. The number of rotatable bonds is 6. The number of benzene rings is 1. The lowest BCUT2D eigenvalue weighted by atomic mass is 10.2. The normalized spacial score (nSPS) is 14.9. The number of ether oxygens (including phenoxy) is 2. The number of piperazine rings is 1. The molecule has 1 saturated heterocycles. The molecule has 2 heterocycles. The van der Waals surface area contributed by atoms with Gasteiger partial charge in [-0.05, 0) is 46.3 Å².